The lowest BCUT2D eigenvalue weighted by molar-refractivity contribution is -0.121. The number of piperidine rings is 1. The standard InChI is InChI=1S/C24H32FN3O3S/c1-32(30,31)28(23-13-11-22(25)12-14-23)17-7-10-24(29)26-18-20-8-3-4-9-21(20)19-27-15-5-2-6-16-27/h3-4,8-9,11-14H,2,5-7,10,15-19H2,1H3,(H,26,29). The lowest BCUT2D eigenvalue weighted by atomic mass is 10.0. The molecule has 1 N–H and O–H groups in total. The number of halogens is 1. The van der Waals surface area contributed by atoms with Crippen molar-refractivity contribution in [2.45, 2.75) is 45.2 Å². The molecule has 1 aliphatic heterocycles. The maximum absolute atomic E-state index is 13.2. The number of rotatable bonds is 10. The lowest BCUT2D eigenvalue weighted by Crippen LogP contribution is -2.32. The van der Waals surface area contributed by atoms with E-state index in [4.69, 9.17) is 0 Å². The van der Waals surface area contributed by atoms with Gasteiger partial charge < -0.3 is 5.32 Å². The first-order valence-corrected chi connectivity index (χ1v) is 13.0. The zero-order valence-corrected chi connectivity index (χ0v) is 19.4. The van der Waals surface area contributed by atoms with Gasteiger partial charge in [-0.2, -0.15) is 0 Å². The van der Waals surface area contributed by atoms with E-state index in [2.05, 4.69) is 16.3 Å². The van der Waals surface area contributed by atoms with Gasteiger partial charge in [-0.3, -0.25) is 14.0 Å². The summed E-state index contributed by atoms with van der Waals surface area (Å²) in [5.74, 6) is -0.549. The van der Waals surface area contributed by atoms with Crippen LogP contribution >= 0.6 is 0 Å². The highest BCUT2D eigenvalue weighted by atomic mass is 32.2. The third kappa shape index (κ3) is 7.31. The van der Waals surface area contributed by atoms with Gasteiger partial charge in [-0.25, -0.2) is 12.8 Å². The van der Waals surface area contributed by atoms with Crippen LogP contribution in [0.2, 0.25) is 0 Å². The summed E-state index contributed by atoms with van der Waals surface area (Å²) >= 11 is 0. The van der Waals surface area contributed by atoms with Gasteiger partial charge in [0.2, 0.25) is 15.9 Å². The van der Waals surface area contributed by atoms with Crippen molar-refractivity contribution in [1.29, 1.82) is 0 Å². The zero-order chi connectivity index (χ0) is 23.0. The molecule has 1 aliphatic rings. The van der Waals surface area contributed by atoms with Crippen LogP contribution in [0.3, 0.4) is 0 Å². The second-order valence-corrected chi connectivity index (χ2v) is 10.2. The molecule has 0 saturated carbocycles. The van der Waals surface area contributed by atoms with E-state index in [1.54, 1.807) is 0 Å². The van der Waals surface area contributed by atoms with E-state index < -0.39 is 15.8 Å². The van der Waals surface area contributed by atoms with E-state index in [1.165, 1.54) is 53.4 Å². The fourth-order valence-corrected chi connectivity index (χ4v) is 4.97. The van der Waals surface area contributed by atoms with Crippen LogP contribution in [0.15, 0.2) is 48.5 Å². The van der Waals surface area contributed by atoms with Gasteiger partial charge in [-0.1, -0.05) is 30.7 Å². The summed E-state index contributed by atoms with van der Waals surface area (Å²) in [6, 6.07) is 13.5. The second kappa shape index (κ2) is 11.4. The Morgan fingerprint density at radius 3 is 2.34 bits per heavy atom. The third-order valence-electron chi connectivity index (χ3n) is 5.72. The fraction of sp³-hybridized carbons (Fsp3) is 0.458. The molecular weight excluding hydrogens is 429 g/mol. The Morgan fingerprint density at radius 1 is 1.03 bits per heavy atom. The number of nitrogens with zero attached hydrogens (tertiary/aromatic N) is 2. The summed E-state index contributed by atoms with van der Waals surface area (Å²) < 4.78 is 38.6. The first-order valence-electron chi connectivity index (χ1n) is 11.1. The molecule has 0 atom stereocenters. The van der Waals surface area contributed by atoms with Crippen molar-refractivity contribution >= 4 is 21.6 Å². The number of carbonyl (C=O) groups is 1. The van der Waals surface area contributed by atoms with Gasteiger partial charge in [-0.05, 0) is 67.7 Å². The van der Waals surface area contributed by atoms with Gasteiger partial charge >= 0.3 is 0 Å². The largest absolute Gasteiger partial charge is 0.352 e. The number of amides is 1. The average Bonchev–Trinajstić information content (AvgIpc) is 2.77. The minimum Gasteiger partial charge on any atom is -0.352 e. The van der Waals surface area contributed by atoms with Crippen molar-refractivity contribution < 1.29 is 17.6 Å². The average molecular weight is 462 g/mol. The van der Waals surface area contributed by atoms with Crippen molar-refractivity contribution in [2.24, 2.45) is 0 Å². The predicted octanol–water partition coefficient (Wildman–Crippen LogP) is 3.67. The number of likely N-dealkylation sites (tertiary alicyclic amines) is 1. The van der Waals surface area contributed by atoms with Crippen LogP contribution < -0.4 is 9.62 Å². The number of anilines is 1. The Labute approximate surface area is 190 Å². The molecule has 2 aromatic carbocycles. The van der Waals surface area contributed by atoms with Crippen LogP contribution in [0.4, 0.5) is 10.1 Å². The Kier molecular flexibility index (Phi) is 8.64. The van der Waals surface area contributed by atoms with Crippen LogP contribution in [0.25, 0.3) is 0 Å². The minimum atomic E-state index is -3.53. The van der Waals surface area contributed by atoms with Gasteiger partial charge in [0.05, 0.1) is 11.9 Å². The highest BCUT2D eigenvalue weighted by Crippen LogP contribution is 2.19. The molecule has 0 unspecified atom stereocenters. The van der Waals surface area contributed by atoms with Crippen LogP contribution in [0.5, 0.6) is 0 Å². The van der Waals surface area contributed by atoms with E-state index in [0.717, 1.165) is 31.5 Å². The summed E-state index contributed by atoms with van der Waals surface area (Å²) in [5.41, 5.74) is 2.73. The van der Waals surface area contributed by atoms with Crippen molar-refractivity contribution in [2.75, 3.05) is 30.2 Å². The smallest absolute Gasteiger partial charge is 0.232 e. The first kappa shape index (κ1) is 24.2. The molecule has 6 nitrogen and oxygen atoms in total. The Morgan fingerprint density at radius 2 is 1.69 bits per heavy atom. The highest BCUT2D eigenvalue weighted by molar-refractivity contribution is 7.92. The third-order valence-corrected chi connectivity index (χ3v) is 6.91. The maximum Gasteiger partial charge on any atom is 0.232 e. The van der Waals surface area contributed by atoms with Gasteiger partial charge in [0.25, 0.3) is 0 Å². The van der Waals surface area contributed by atoms with E-state index in [-0.39, 0.29) is 18.9 Å². The summed E-state index contributed by atoms with van der Waals surface area (Å²) in [6.07, 6.45) is 5.46. The summed E-state index contributed by atoms with van der Waals surface area (Å²) in [7, 11) is -3.53. The Hall–Kier alpha value is -2.45. The molecule has 3 rings (SSSR count). The van der Waals surface area contributed by atoms with E-state index in [1.807, 2.05) is 18.2 Å². The molecule has 0 radical (unpaired) electrons. The van der Waals surface area contributed by atoms with Gasteiger partial charge in [0.1, 0.15) is 5.82 Å². The molecule has 1 heterocycles. The van der Waals surface area contributed by atoms with Gasteiger partial charge in [0, 0.05) is 26.1 Å². The Balaban J connectivity index is 1.50. The number of benzene rings is 2. The van der Waals surface area contributed by atoms with Crippen molar-refractivity contribution in [3.63, 3.8) is 0 Å². The number of hydrogen-bond acceptors (Lipinski definition) is 4. The number of nitrogens with one attached hydrogen (secondary N) is 1. The van der Waals surface area contributed by atoms with E-state index in [9.17, 15) is 17.6 Å². The zero-order valence-electron chi connectivity index (χ0n) is 18.6. The van der Waals surface area contributed by atoms with Crippen molar-refractivity contribution in [3.8, 4) is 0 Å². The van der Waals surface area contributed by atoms with Crippen molar-refractivity contribution in [1.82, 2.24) is 10.2 Å². The summed E-state index contributed by atoms with van der Waals surface area (Å²) in [5, 5.41) is 2.96. The molecule has 0 aromatic heterocycles. The summed E-state index contributed by atoms with van der Waals surface area (Å²) in [4.78, 5) is 14.8. The number of hydrogen-bond donors (Lipinski definition) is 1. The Bertz CT molecular complexity index is 990. The molecule has 0 aliphatic carbocycles. The normalized spacial score (nSPS) is 14.8. The maximum atomic E-state index is 13.2. The molecule has 1 saturated heterocycles. The van der Waals surface area contributed by atoms with E-state index >= 15 is 0 Å². The lowest BCUT2D eigenvalue weighted by Gasteiger charge is -2.27. The topological polar surface area (TPSA) is 69.7 Å². The van der Waals surface area contributed by atoms with E-state index in [0.29, 0.717) is 18.7 Å². The molecular formula is C24H32FN3O3S. The van der Waals surface area contributed by atoms with Crippen LogP contribution in [-0.4, -0.2) is 45.1 Å². The quantitative estimate of drug-likeness (QED) is 0.586. The van der Waals surface area contributed by atoms with Crippen molar-refractivity contribution in [3.05, 3.63) is 65.5 Å². The van der Waals surface area contributed by atoms with Crippen LogP contribution in [-0.2, 0) is 27.9 Å². The van der Waals surface area contributed by atoms with Crippen LogP contribution in [0, 0.1) is 5.82 Å². The molecule has 1 fully saturated rings. The molecule has 1 amide bonds. The minimum absolute atomic E-state index is 0.120. The monoisotopic (exact) mass is 461 g/mol. The highest BCUT2D eigenvalue weighted by Gasteiger charge is 2.18. The van der Waals surface area contributed by atoms with Gasteiger partial charge in [0.15, 0.2) is 0 Å². The molecule has 2 aromatic rings. The van der Waals surface area contributed by atoms with Crippen LogP contribution in [0.1, 0.15) is 43.2 Å². The molecule has 174 valence electrons. The SMILES string of the molecule is CS(=O)(=O)N(CCCC(=O)NCc1ccccc1CN1CCCCC1)c1ccc(F)cc1. The summed E-state index contributed by atoms with van der Waals surface area (Å²) in [6.45, 7) is 3.74. The number of carbonyl (C=O) groups excluding carboxylic acids is 1. The fourth-order valence-electron chi connectivity index (χ4n) is 4.00. The molecule has 8 heteroatoms. The second-order valence-electron chi connectivity index (χ2n) is 8.30. The number of sulfonamides is 1. The molecule has 0 bridgehead atoms. The predicted molar refractivity (Wildman–Crippen MR) is 125 cm³/mol. The molecule has 0 spiro atoms. The van der Waals surface area contributed by atoms with Gasteiger partial charge in [-0.15, -0.1) is 0 Å². The first-order chi connectivity index (χ1) is 15.3. The molecule has 32 heavy (non-hydrogen) atoms.